The summed E-state index contributed by atoms with van der Waals surface area (Å²) in [7, 11) is 0. The molecule has 3 aromatic rings. The van der Waals surface area contributed by atoms with Crippen molar-refractivity contribution in [2.45, 2.75) is 0 Å². The normalized spacial score (nSPS) is 10.7. The van der Waals surface area contributed by atoms with Crippen molar-refractivity contribution in [3.05, 3.63) is 69.4 Å². The van der Waals surface area contributed by atoms with Crippen molar-refractivity contribution in [2.24, 2.45) is 0 Å². The number of nitrogens with one attached hydrogen (secondary N) is 1. The van der Waals surface area contributed by atoms with Gasteiger partial charge in [0.2, 0.25) is 0 Å². The quantitative estimate of drug-likeness (QED) is 0.725. The molecule has 0 radical (unpaired) electrons. The monoisotopic (exact) mass is 299 g/mol. The first-order valence-corrected chi connectivity index (χ1v) is 6.41. The van der Waals surface area contributed by atoms with Crippen molar-refractivity contribution in [1.29, 1.82) is 0 Å². The number of halogens is 1. The largest absolute Gasteiger partial charge is 0.361 e. The predicted molar refractivity (Wildman–Crippen MR) is 77.7 cm³/mol. The maximum absolute atomic E-state index is 11.6. The molecular formula is C15H10BrNO. The van der Waals surface area contributed by atoms with Gasteiger partial charge < -0.3 is 4.98 Å². The standard InChI is InChI=1S/C15H10BrNO/c16-12-4-1-10(2-5-12)11-3-6-13-14(9-11)17-8-7-15(13)18/h1-9H,(H,17,18). The van der Waals surface area contributed by atoms with Gasteiger partial charge in [-0.2, -0.15) is 0 Å². The van der Waals surface area contributed by atoms with Crippen LogP contribution in [0.15, 0.2) is 64.0 Å². The van der Waals surface area contributed by atoms with Crippen LogP contribution in [0.1, 0.15) is 0 Å². The lowest BCUT2D eigenvalue weighted by atomic mass is 10.0. The van der Waals surface area contributed by atoms with Gasteiger partial charge in [-0.3, -0.25) is 4.79 Å². The van der Waals surface area contributed by atoms with Crippen LogP contribution >= 0.6 is 15.9 Å². The summed E-state index contributed by atoms with van der Waals surface area (Å²) in [6.07, 6.45) is 1.68. The van der Waals surface area contributed by atoms with Crippen molar-refractivity contribution in [2.75, 3.05) is 0 Å². The fraction of sp³-hybridized carbons (Fsp3) is 0. The average Bonchev–Trinajstić information content (AvgIpc) is 2.39. The number of hydrogen-bond acceptors (Lipinski definition) is 1. The SMILES string of the molecule is O=c1cc[nH]c2cc(-c3ccc(Br)cc3)ccc12. The highest BCUT2D eigenvalue weighted by Crippen LogP contribution is 2.23. The van der Waals surface area contributed by atoms with Crippen LogP contribution in [-0.2, 0) is 0 Å². The molecular weight excluding hydrogens is 290 g/mol. The Hall–Kier alpha value is -1.87. The fourth-order valence-electron chi connectivity index (χ4n) is 2.00. The van der Waals surface area contributed by atoms with Crippen LogP contribution in [0, 0.1) is 0 Å². The number of pyridine rings is 1. The van der Waals surface area contributed by atoms with Gasteiger partial charge in [0.25, 0.3) is 0 Å². The van der Waals surface area contributed by atoms with Crippen LogP contribution in [0.5, 0.6) is 0 Å². The summed E-state index contributed by atoms with van der Waals surface area (Å²) < 4.78 is 1.06. The third kappa shape index (κ3) is 1.97. The third-order valence-electron chi connectivity index (χ3n) is 2.94. The van der Waals surface area contributed by atoms with Crippen LogP contribution in [-0.4, -0.2) is 4.98 Å². The van der Waals surface area contributed by atoms with Gasteiger partial charge in [0.15, 0.2) is 5.43 Å². The molecule has 0 bridgehead atoms. The van der Waals surface area contributed by atoms with Crippen molar-refractivity contribution in [3.8, 4) is 11.1 Å². The highest BCUT2D eigenvalue weighted by molar-refractivity contribution is 9.10. The molecule has 0 spiro atoms. The first-order valence-electron chi connectivity index (χ1n) is 5.61. The number of aromatic amines is 1. The third-order valence-corrected chi connectivity index (χ3v) is 3.46. The topological polar surface area (TPSA) is 32.9 Å². The fourth-order valence-corrected chi connectivity index (χ4v) is 2.26. The molecule has 0 atom stereocenters. The molecule has 3 heteroatoms. The summed E-state index contributed by atoms with van der Waals surface area (Å²) in [4.78, 5) is 14.7. The maximum atomic E-state index is 11.6. The Kier molecular flexibility index (Phi) is 2.76. The summed E-state index contributed by atoms with van der Waals surface area (Å²) in [6, 6.07) is 15.5. The molecule has 1 heterocycles. The molecule has 18 heavy (non-hydrogen) atoms. The summed E-state index contributed by atoms with van der Waals surface area (Å²) in [5.74, 6) is 0. The van der Waals surface area contributed by atoms with Gasteiger partial charge in [-0.1, -0.05) is 34.1 Å². The van der Waals surface area contributed by atoms with Crippen LogP contribution in [0.3, 0.4) is 0 Å². The first kappa shape index (κ1) is 11.2. The van der Waals surface area contributed by atoms with Gasteiger partial charge in [0, 0.05) is 27.6 Å². The average molecular weight is 300 g/mol. The van der Waals surface area contributed by atoms with Crippen LogP contribution in [0.4, 0.5) is 0 Å². The van der Waals surface area contributed by atoms with E-state index in [2.05, 4.69) is 20.9 Å². The molecule has 2 aromatic carbocycles. The number of rotatable bonds is 1. The van der Waals surface area contributed by atoms with E-state index < -0.39 is 0 Å². The van der Waals surface area contributed by atoms with Crippen molar-refractivity contribution in [1.82, 2.24) is 4.98 Å². The van der Waals surface area contributed by atoms with Crippen LogP contribution in [0.2, 0.25) is 0 Å². The highest BCUT2D eigenvalue weighted by Gasteiger charge is 2.01. The summed E-state index contributed by atoms with van der Waals surface area (Å²) in [5.41, 5.74) is 3.13. The first-order chi connectivity index (χ1) is 8.74. The van der Waals surface area contributed by atoms with E-state index in [4.69, 9.17) is 0 Å². The molecule has 3 rings (SSSR count). The van der Waals surface area contributed by atoms with E-state index in [0.29, 0.717) is 0 Å². The lowest BCUT2D eigenvalue weighted by molar-refractivity contribution is 1.39. The number of fused-ring (bicyclic) bond motifs is 1. The number of benzene rings is 2. The van der Waals surface area contributed by atoms with Gasteiger partial charge >= 0.3 is 0 Å². The number of H-pyrrole nitrogens is 1. The summed E-state index contributed by atoms with van der Waals surface area (Å²) in [5, 5.41) is 0.721. The minimum atomic E-state index is 0.0473. The maximum Gasteiger partial charge on any atom is 0.189 e. The molecule has 88 valence electrons. The van der Waals surface area contributed by atoms with Gasteiger partial charge in [0.05, 0.1) is 0 Å². The molecule has 0 aliphatic rings. The molecule has 2 nitrogen and oxygen atoms in total. The van der Waals surface area contributed by atoms with E-state index >= 15 is 0 Å². The molecule has 0 aliphatic carbocycles. The van der Waals surface area contributed by atoms with E-state index in [1.54, 1.807) is 12.3 Å². The lowest BCUT2D eigenvalue weighted by Gasteiger charge is -2.04. The molecule has 0 amide bonds. The zero-order valence-electron chi connectivity index (χ0n) is 9.48. The van der Waals surface area contributed by atoms with E-state index in [1.807, 2.05) is 42.5 Å². The highest BCUT2D eigenvalue weighted by atomic mass is 79.9. The Morgan fingerprint density at radius 1 is 0.889 bits per heavy atom. The molecule has 1 N–H and O–H groups in total. The Morgan fingerprint density at radius 2 is 1.61 bits per heavy atom. The molecule has 0 unspecified atom stereocenters. The minimum absolute atomic E-state index is 0.0473. The molecule has 0 aliphatic heterocycles. The Bertz CT molecular complexity index is 759. The zero-order valence-corrected chi connectivity index (χ0v) is 11.1. The lowest BCUT2D eigenvalue weighted by Crippen LogP contribution is -1.99. The number of aromatic nitrogens is 1. The van der Waals surface area contributed by atoms with Crippen LogP contribution in [0.25, 0.3) is 22.0 Å². The van der Waals surface area contributed by atoms with Crippen molar-refractivity contribution < 1.29 is 0 Å². The zero-order chi connectivity index (χ0) is 12.5. The summed E-state index contributed by atoms with van der Waals surface area (Å²) in [6.45, 7) is 0. The second kappa shape index (κ2) is 4.42. The molecule has 0 fully saturated rings. The predicted octanol–water partition coefficient (Wildman–Crippen LogP) is 3.96. The Balaban J connectivity index is 2.19. The van der Waals surface area contributed by atoms with Crippen LogP contribution < -0.4 is 5.43 Å². The molecule has 0 saturated heterocycles. The van der Waals surface area contributed by atoms with Crippen molar-refractivity contribution >= 4 is 26.8 Å². The van der Waals surface area contributed by atoms with Gasteiger partial charge in [-0.25, -0.2) is 0 Å². The summed E-state index contributed by atoms with van der Waals surface area (Å²) >= 11 is 3.42. The Labute approximate surface area is 112 Å². The second-order valence-corrected chi connectivity index (χ2v) is 5.02. The van der Waals surface area contributed by atoms with E-state index in [9.17, 15) is 4.79 Å². The second-order valence-electron chi connectivity index (χ2n) is 4.11. The van der Waals surface area contributed by atoms with E-state index in [1.165, 1.54) is 0 Å². The van der Waals surface area contributed by atoms with Gasteiger partial charge in [-0.05, 0) is 35.4 Å². The Morgan fingerprint density at radius 3 is 2.39 bits per heavy atom. The van der Waals surface area contributed by atoms with Gasteiger partial charge in [0.1, 0.15) is 0 Å². The minimum Gasteiger partial charge on any atom is -0.361 e. The van der Waals surface area contributed by atoms with E-state index in [0.717, 1.165) is 26.5 Å². The van der Waals surface area contributed by atoms with Gasteiger partial charge in [-0.15, -0.1) is 0 Å². The molecule has 0 saturated carbocycles. The molecule has 1 aromatic heterocycles. The van der Waals surface area contributed by atoms with E-state index in [-0.39, 0.29) is 5.43 Å². The number of hydrogen-bond donors (Lipinski definition) is 1. The smallest absolute Gasteiger partial charge is 0.189 e. The van der Waals surface area contributed by atoms with Crippen molar-refractivity contribution in [3.63, 3.8) is 0 Å².